The Morgan fingerprint density at radius 1 is 0.933 bits per heavy atom. The Kier molecular flexibility index (Phi) is 12.2. The van der Waals surface area contributed by atoms with E-state index < -0.39 is 8.80 Å². The molecule has 0 fully saturated rings. The van der Waals surface area contributed by atoms with Gasteiger partial charge in [0.1, 0.15) is 0 Å². The van der Waals surface area contributed by atoms with Crippen LogP contribution in [0.15, 0.2) is 0 Å². The molecule has 3 N–H and O–H groups in total. The predicted octanol–water partition coefficient (Wildman–Crippen LogP) is 1.21. The molecule has 0 rings (SSSR count). The molecule has 0 atom stereocenters. The van der Waals surface area contributed by atoms with Crippen molar-refractivity contribution in [2.45, 2.75) is 33.2 Å². The van der Waals surface area contributed by atoms with Gasteiger partial charge in [-0.05, 0) is 33.7 Å². The first kappa shape index (κ1) is 17.4. The minimum absolute atomic E-state index is 0. The number of nitrogens with two attached hydrogens (primary N) is 1. The van der Waals surface area contributed by atoms with Gasteiger partial charge >= 0.3 is 8.80 Å². The largest absolute Gasteiger partial charge is 0.500 e. The van der Waals surface area contributed by atoms with Crippen LogP contribution in [-0.2, 0) is 13.3 Å². The maximum absolute atomic E-state index is 5.65. The lowest BCUT2D eigenvalue weighted by Gasteiger charge is -2.28. The van der Waals surface area contributed by atoms with Crippen molar-refractivity contribution in [3.63, 3.8) is 0 Å². The molecule has 0 saturated carbocycles. The van der Waals surface area contributed by atoms with Crippen molar-refractivity contribution >= 4 is 8.80 Å². The highest BCUT2D eigenvalue weighted by molar-refractivity contribution is 6.60. The van der Waals surface area contributed by atoms with Crippen molar-refractivity contribution in [1.82, 2.24) is 0 Å². The highest BCUT2D eigenvalue weighted by atomic mass is 28.4. The second kappa shape index (κ2) is 10.5. The molecule has 0 spiro atoms. The lowest BCUT2D eigenvalue weighted by Crippen LogP contribution is -2.46. The van der Waals surface area contributed by atoms with Crippen molar-refractivity contribution in [3.8, 4) is 0 Å². The molecule has 0 aliphatic heterocycles. The third-order valence-corrected chi connectivity index (χ3v) is 4.93. The van der Waals surface area contributed by atoms with E-state index in [9.17, 15) is 0 Å². The fourth-order valence-corrected chi connectivity index (χ4v) is 3.96. The van der Waals surface area contributed by atoms with Crippen LogP contribution in [0.2, 0.25) is 6.04 Å². The lowest BCUT2D eigenvalue weighted by molar-refractivity contribution is 0.0710. The average molecular weight is 238 g/mol. The van der Waals surface area contributed by atoms with E-state index in [1.165, 1.54) is 0 Å². The van der Waals surface area contributed by atoms with Crippen molar-refractivity contribution in [2.75, 3.05) is 26.4 Å². The Morgan fingerprint density at radius 2 is 1.33 bits per heavy atom. The van der Waals surface area contributed by atoms with E-state index in [0.717, 1.165) is 12.5 Å². The van der Waals surface area contributed by atoms with E-state index in [4.69, 9.17) is 19.0 Å². The number of hydrogen-bond donors (Lipinski definition) is 2. The van der Waals surface area contributed by atoms with E-state index in [-0.39, 0.29) is 5.48 Å². The molecule has 0 bridgehead atoms. The molecule has 0 heterocycles. The molecule has 0 aromatic carbocycles. The third-order valence-electron chi connectivity index (χ3n) is 1.78. The molecule has 0 saturated heterocycles. The van der Waals surface area contributed by atoms with Gasteiger partial charge in [-0.15, -0.1) is 0 Å². The number of rotatable bonds is 9. The predicted molar refractivity (Wildman–Crippen MR) is 61.0 cm³/mol. The molecule has 0 aliphatic carbocycles. The summed E-state index contributed by atoms with van der Waals surface area (Å²) >= 11 is 0. The zero-order chi connectivity index (χ0) is 10.9. The Hall–Kier alpha value is 0.0169. The van der Waals surface area contributed by atoms with Gasteiger partial charge < -0.3 is 19.0 Å². The van der Waals surface area contributed by atoms with E-state index in [2.05, 4.69) is 0 Å². The van der Waals surface area contributed by atoms with Gasteiger partial charge in [-0.1, -0.05) is 0 Å². The van der Waals surface area contributed by atoms with Crippen LogP contribution >= 0.6 is 0 Å². The Morgan fingerprint density at radius 3 is 1.60 bits per heavy atom. The Bertz CT molecular complexity index is 120. The van der Waals surface area contributed by atoms with Crippen LogP contribution in [-0.4, -0.2) is 40.6 Å². The van der Waals surface area contributed by atoms with Crippen LogP contribution in [0.3, 0.4) is 0 Å². The minimum Gasteiger partial charge on any atom is -0.374 e. The van der Waals surface area contributed by atoms with E-state index in [1.54, 1.807) is 0 Å². The summed E-state index contributed by atoms with van der Waals surface area (Å²) in [6.07, 6.45) is 0.895. The lowest BCUT2D eigenvalue weighted by atomic mass is 10.5. The monoisotopic (exact) mass is 238 g/mol. The van der Waals surface area contributed by atoms with Crippen LogP contribution in [0.1, 0.15) is 27.2 Å². The summed E-state index contributed by atoms with van der Waals surface area (Å²) in [5.74, 6) is 0. The Labute approximate surface area is 93.6 Å². The molecule has 93 valence electrons. The van der Waals surface area contributed by atoms with Crippen LogP contribution < -0.4 is 5.73 Å². The smallest absolute Gasteiger partial charge is 0.374 e. The van der Waals surface area contributed by atoms with Crippen molar-refractivity contribution in [1.29, 1.82) is 0 Å². The molecule has 0 aliphatic rings. The first-order valence-corrected chi connectivity index (χ1v) is 7.29. The average Bonchev–Trinajstić information content (AvgIpc) is 2.16. The second-order valence-electron chi connectivity index (χ2n) is 2.87. The van der Waals surface area contributed by atoms with Crippen LogP contribution in [0.4, 0.5) is 0 Å². The zero-order valence-electron chi connectivity index (χ0n) is 9.99. The highest BCUT2D eigenvalue weighted by Gasteiger charge is 2.39. The summed E-state index contributed by atoms with van der Waals surface area (Å²) in [6, 6.07) is 0.818. The quantitative estimate of drug-likeness (QED) is 0.591. The fraction of sp³-hybridized carbons (Fsp3) is 1.00. The van der Waals surface area contributed by atoms with Gasteiger partial charge in [0, 0.05) is 25.9 Å². The molecule has 6 heteroatoms. The van der Waals surface area contributed by atoms with E-state index in [0.29, 0.717) is 26.4 Å². The highest BCUT2D eigenvalue weighted by Crippen LogP contribution is 2.17. The summed E-state index contributed by atoms with van der Waals surface area (Å²) in [4.78, 5) is 0. The standard InChI is InChI=1S/C9H23NO3Si.HO/c1-4-11-14(12-5-2,13-6-3)9-7-8-10;/h4-10H2,1-3H3;1H. The van der Waals surface area contributed by atoms with Crippen molar-refractivity contribution < 1.29 is 18.8 Å². The molecule has 1 radical (unpaired) electrons. The summed E-state index contributed by atoms with van der Waals surface area (Å²) in [5, 5.41) is 0. The van der Waals surface area contributed by atoms with Gasteiger partial charge in [-0.3, -0.25) is 5.48 Å². The molecular formula is C9H24NO4Si. The summed E-state index contributed by atoms with van der Waals surface area (Å²) in [5.41, 5.74) is 5.48. The molecule has 0 unspecified atom stereocenters. The first-order chi connectivity index (χ1) is 6.74. The third kappa shape index (κ3) is 6.99. The zero-order valence-corrected chi connectivity index (χ0v) is 11.0. The van der Waals surface area contributed by atoms with Gasteiger partial charge in [0.05, 0.1) is 0 Å². The van der Waals surface area contributed by atoms with E-state index in [1.807, 2.05) is 20.8 Å². The molecular weight excluding hydrogens is 214 g/mol. The van der Waals surface area contributed by atoms with Gasteiger partial charge in [-0.25, -0.2) is 0 Å². The second-order valence-corrected chi connectivity index (χ2v) is 5.61. The van der Waals surface area contributed by atoms with Gasteiger partial charge in [-0.2, -0.15) is 0 Å². The summed E-state index contributed by atoms with van der Waals surface area (Å²) in [6.45, 7) is 8.44. The maximum atomic E-state index is 5.65. The molecule has 0 aromatic rings. The molecule has 0 aromatic heterocycles. The van der Waals surface area contributed by atoms with Crippen LogP contribution in [0.25, 0.3) is 0 Å². The van der Waals surface area contributed by atoms with Crippen LogP contribution in [0.5, 0.6) is 0 Å². The normalized spacial score (nSPS) is 11.2. The first-order valence-electron chi connectivity index (χ1n) is 5.36. The van der Waals surface area contributed by atoms with Gasteiger partial charge in [0.2, 0.25) is 0 Å². The van der Waals surface area contributed by atoms with Gasteiger partial charge in [0.25, 0.3) is 0 Å². The molecule has 15 heavy (non-hydrogen) atoms. The summed E-state index contributed by atoms with van der Waals surface area (Å²) < 4.78 is 17.0. The van der Waals surface area contributed by atoms with Gasteiger partial charge in [0.15, 0.2) is 0 Å². The summed E-state index contributed by atoms with van der Waals surface area (Å²) in [7, 11) is -2.40. The molecule has 5 nitrogen and oxygen atoms in total. The SMILES string of the molecule is CCO[Si](CCCN)(OCC)OCC.[OH]. The maximum Gasteiger partial charge on any atom is 0.500 e. The fourth-order valence-electron chi connectivity index (χ4n) is 1.32. The van der Waals surface area contributed by atoms with Crippen molar-refractivity contribution in [3.05, 3.63) is 0 Å². The molecule has 0 amide bonds. The van der Waals surface area contributed by atoms with Crippen molar-refractivity contribution in [2.24, 2.45) is 5.73 Å². The number of hydrogen-bond acceptors (Lipinski definition) is 4. The Balaban J connectivity index is 0. The van der Waals surface area contributed by atoms with Crippen LogP contribution in [0, 0.1) is 0 Å². The topological polar surface area (TPSA) is 83.7 Å². The van der Waals surface area contributed by atoms with E-state index >= 15 is 0 Å². The minimum atomic E-state index is -2.40.